The number of hydrogen-bond acceptors (Lipinski definition) is 9. The molecule has 4 N–H and O–H groups in total. The molecular weight excluding hydrogens is 713 g/mol. The number of Topliss-reactive ketones (excluding diaryl/α,β-unsaturated/α-hetero) is 1. The van der Waals surface area contributed by atoms with E-state index in [9.17, 15) is 24.9 Å². The third kappa shape index (κ3) is 5.81. The maximum atomic E-state index is 12.7. The van der Waals surface area contributed by atoms with Crippen molar-refractivity contribution in [3.8, 4) is 0 Å². The Morgan fingerprint density at radius 1 is 0.978 bits per heavy atom. The maximum absolute atomic E-state index is 12.7. The summed E-state index contributed by atoms with van der Waals surface area (Å²) >= 11 is 10.0. The highest BCUT2D eigenvalue weighted by Gasteiger charge is 2.69. The highest BCUT2D eigenvalue weighted by atomic mass is 127. The Morgan fingerprint density at radius 3 is 2.44 bits per heavy atom. The number of rotatable bonds is 8. The van der Waals surface area contributed by atoms with Gasteiger partial charge in [-0.2, -0.15) is 0 Å². The Morgan fingerprint density at radius 2 is 1.76 bits per heavy atom. The topological polar surface area (TPSA) is 135 Å². The summed E-state index contributed by atoms with van der Waals surface area (Å²) in [7, 11) is 0. The summed E-state index contributed by atoms with van der Waals surface area (Å²) in [6.45, 7) is 7.94. The summed E-state index contributed by atoms with van der Waals surface area (Å²) in [5.41, 5.74) is -0.448. The molecule has 5 aliphatic carbocycles. The molecule has 0 aromatic carbocycles. The molecule has 8 unspecified atom stereocenters. The molecule has 0 radical (unpaired) electrons. The molecule has 5 saturated carbocycles. The smallest absolute Gasteiger partial charge is 0.198 e. The van der Waals surface area contributed by atoms with Gasteiger partial charge >= 0.3 is 0 Å². The standard InChI is InChI=1S/C34H51ClINO8/c1-4-19-13-22(15-27(40)31(19)45-29-16-26(39)30(42)18(2)43-29)44-21-7-11-33(35)20(14-21)5-6-24-23(33)8-10-32(3)25(28(41)17-38)9-12-34(24,32)37-36/h4,17-27,29-31,37,39-40,42H,1,5-16H2,2-3H3/t18?,19-,20+,21-,22?,23?,24+,25+,26?,27?,29?,30?,31?,32+,33+,34-/m0/s1. The maximum Gasteiger partial charge on any atom is 0.198 e. The number of halogens is 2. The first-order chi connectivity index (χ1) is 21.4. The van der Waals surface area contributed by atoms with Crippen LogP contribution in [0.25, 0.3) is 0 Å². The molecule has 0 aromatic heterocycles. The Kier molecular flexibility index (Phi) is 10.2. The molecular formula is C34H51ClINO8. The van der Waals surface area contributed by atoms with E-state index in [1.807, 2.05) is 6.08 Å². The van der Waals surface area contributed by atoms with Crippen LogP contribution in [0, 0.1) is 35.0 Å². The molecule has 6 fully saturated rings. The summed E-state index contributed by atoms with van der Waals surface area (Å²) in [5.74, 6) is 0.445. The van der Waals surface area contributed by atoms with Crippen LogP contribution in [0.3, 0.4) is 0 Å². The Hall–Kier alpha value is -0.180. The number of aliphatic hydroxyl groups excluding tert-OH is 3. The van der Waals surface area contributed by atoms with E-state index >= 15 is 0 Å². The van der Waals surface area contributed by atoms with Crippen molar-refractivity contribution >= 4 is 46.5 Å². The fourth-order valence-electron chi connectivity index (χ4n) is 11.0. The van der Waals surface area contributed by atoms with Gasteiger partial charge in [0.1, 0.15) is 6.10 Å². The number of hydrogen-bond donors (Lipinski definition) is 4. The van der Waals surface area contributed by atoms with Crippen LogP contribution in [0.2, 0.25) is 0 Å². The van der Waals surface area contributed by atoms with Gasteiger partial charge in [-0.1, -0.05) is 13.0 Å². The zero-order valence-corrected chi connectivity index (χ0v) is 29.4. The van der Waals surface area contributed by atoms with Crippen LogP contribution in [0.4, 0.5) is 0 Å². The number of aldehydes is 1. The highest BCUT2D eigenvalue weighted by molar-refractivity contribution is 14.1. The van der Waals surface area contributed by atoms with Crippen molar-refractivity contribution in [3.05, 3.63) is 12.7 Å². The van der Waals surface area contributed by atoms with Gasteiger partial charge in [-0.25, -0.2) is 0 Å². The third-order valence-corrected chi connectivity index (χ3v) is 15.1. The first-order valence-electron chi connectivity index (χ1n) is 17.1. The second-order valence-corrected chi connectivity index (χ2v) is 16.5. The minimum absolute atomic E-state index is 0.0734. The van der Waals surface area contributed by atoms with E-state index in [-0.39, 0.29) is 52.1 Å². The fourth-order valence-corrected chi connectivity index (χ4v) is 12.8. The van der Waals surface area contributed by atoms with Crippen molar-refractivity contribution in [2.24, 2.45) is 35.0 Å². The van der Waals surface area contributed by atoms with Crippen LogP contribution < -0.4 is 3.53 Å². The van der Waals surface area contributed by atoms with Crippen LogP contribution in [-0.2, 0) is 23.8 Å². The number of ketones is 1. The minimum Gasteiger partial charge on any atom is -0.390 e. The van der Waals surface area contributed by atoms with Crippen molar-refractivity contribution in [2.75, 3.05) is 0 Å². The van der Waals surface area contributed by atoms with Gasteiger partial charge in [0.15, 0.2) is 18.4 Å². The lowest BCUT2D eigenvalue weighted by atomic mass is 9.46. The van der Waals surface area contributed by atoms with Gasteiger partial charge in [-0.15, -0.1) is 18.2 Å². The van der Waals surface area contributed by atoms with E-state index in [0.717, 1.165) is 57.8 Å². The Balaban J connectivity index is 1.08. The van der Waals surface area contributed by atoms with Crippen molar-refractivity contribution < 1.29 is 39.1 Å². The van der Waals surface area contributed by atoms with Gasteiger partial charge in [0.25, 0.3) is 0 Å². The number of fused-ring (bicyclic) bond motifs is 5. The Bertz CT molecular complexity index is 1120. The third-order valence-electron chi connectivity index (χ3n) is 13.4. The number of alkyl halides is 1. The molecule has 0 spiro atoms. The van der Waals surface area contributed by atoms with Gasteiger partial charge in [0, 0.05) is 53.1 Å². The normalized spacial score (nSPS) is 53.1. The molecule has 254 valence electrons. The van der Waals surface area contributed by atoms with E-state index in [1.54, 1.807) is 6.92 Å². The van der Waals surface area contributed by atoms with Gasteiger partial charge in [-0.3, -0.25) is 13.1 Å². The van der Waals surface area contributed by atoms with Crippen LogP contribution in [0.5, 0.6) is 0 Å². The summed E-state index contributed by atoms with van der Waals surface area (Å²) in [6, 6.07) is 0. The number of nitrogens with one attached hydrogen (secondary N) is 1. The van der Waals surface area contributed by atoms with E-state index in [4.69, 9.17) is 25.8 Å². The Labute approximate surface area is 286 Å². The lowest BCUT2D eigenvalue weighted by Gasteiger charge is -2.64. The molecule has 1 aliphatic heterocycles. The average Bonchev–Trinajstić information content (AvgIpc) is 3.33. The molecule has 9 nitrogen and oxygen atoms in total. The molecule has 1 saturated heterocycles. The summed E-state index contributed by atoms with van der Waals surface area (Å²) in [5, 5.41) is 31.4. The van der Waals surface area contributed by atoms with Crippen molar-refractivity contribution in [2.45, 2.75) is 150 Å². The van der Waals surface area contributed by atoms with Crippen molar-refractivity contribution in [1.82, 2.24) is 3.53 Å². The largest absolute Gasteiger partial charge is 0.390 e. The number of carbonyl (C=O) groups excluding carboxylic acids is 2. The second-order valence-electron chi connectivity index (χ2n) is 15.3. The van der Waals surface area contributed by atoms with E-state index in [2.05, 4.69) is 39.9 Å². The van der Waals surface area contributed by atoms with Crippen LogP contribution in [0.1, 0.15) is 90.9 Å². The highest BCUT2D eigenvalue weighted by Crippen LogP contribution is 2.68. The summed E-state index contributed by atoms with van der Waals surface area (Å²) in [4.78, 5) is 23.9. The van der Waals surface area contributed by atoms with Crippen LogP contribution in [0.15, 0.2) is 12.7 Å². The van der Waals surface area contributed by atoms with Crippen molar-refractivity contribution in [3.63, 3.8) is 0 Å². The SMILES string of the molecule is C=C[C@H]1CC(O[C@H]2CC[C@]3(Cl)C4CC[C@]5(C)[C@@H](C(=O)C=O)CC[C@]5(NI)[C@@H]4CC[C@@H]3C2)CC(O)C1OC1CC(O)C(O)C(C)O1. The fraction of sp³-hybridized carbons (Fsp3) is 0.882. The predicted molar refractivity (Wildman–Crippen MR) is 177 cm³/mol. The molecule has 16 atom stereocenters. The van der Waals surface area contributed by atoms with Gasteiger partial charge in [-0.05, 0) is 94.3 Å². The van der Waals surface area contributed by atoms with Gasteiger partial charge in [0.2, 0.25) is 0 Å². The lowest BCUT2D eigenvalue weighted by Crippen LogP contribution is -2.67. The van der Waals surface area contributed by atoms with E-state index in [1.165, 1.54) is 0 Å². The van der Waals surface area contributed by atoms with Crippen LogP contribution in [-0.4, -0.2) is 86.8 Å². The zero-order chi connectivity index (χ0) is 32.3. The van der Waals surface area contributed by atoms with Gasteiger partial charge < -0.3 is 29.5 Å². The number of ether oxygens (including phenoxy) is 3. The van der Waals surface area contributed by atoms with Crippen LogP contribution >= 0.6 is 34.5 Å². The van der Waals surface area contributed by atoms with Gasteiger partial charge in [0.05, 0.1) is 41.5 Å². The minimum atomic E-state index is -0.956. The molecule has 11 heteroatoms. The molecule has 0 aromatic rings. The van der Waals surface area contributed by atoms with E-state index < -0.39 is 36.8 Å². The van der Waals surface area contributed by atoms with E-state index in [0.29, 0.717) is 36.9 Å². The number of carbonyl (C=O) groups is 2. The monoisotopic (exact) mass is 763 g/mol. The average molecular weight is 764 g/mol. The molecule has 0 amide bonds. The first kappa shape index (κ1) is 34.7. The lowest BCUT2D eigenvalue weighted by molar-refractivity contribution is -0.279. The molecule has 6 rings (SSSR count). The van der Waals surface area contributed by atoms with Crippen molar-refractivity contribution in [1.29, 1.82) is 0 Å². The first-order valence-corrected chi connectivity index (χ1v) is 18.5. The second kappa shape index (κ2) is 13.3. The molecule has 1 heterocycles. The predicted octanol–water partition coefficient (Wildman–Crippen LogP) is 4.40. The molecule has 45 heavy (non-hydrogen) atoms. The molecule has 6 aliphatic rings. The quantitative estimate of drug-likeness (QED) is 0.0710. The molecule has 0 bridgehead atoms. The summed E-state index contributed by atoms with van der Waals surface area (Å²) in [6.07, 6.45) is 7.38. The number of aliphatic hydroxyl groups is 3. The summed E-state index contributed by atoms with van der Waals surface area (Å²) < 4.78 is 22.3. The zero-order valence-electron chi connectivity index (χ0n) is 26.5.